The summed E-state index contributed by atoms with van der Waals surface area (Å²) in [7, 11) is 1.69. The Balaban J connectivity index is 2.16. The van der Waals surface area contributed by atoms with Crippen LogP contribution in [0.3, 0.4) is 0 Å². The average Bonchev–Trinajstić information content (AvgIpc) is 2.80. The molecule has 0 atom stereocenters. The molecule has 0 bridgehead atoms. The van der Waals surface area contributed by atoms with Gasteiger partial charge < -0.3 is 9.84 Å². The van der Waals surface area contributed by atoms with Gasteiger partial charge in [0.05, 0.1) is 24.9 Å². The van der Waals surface area contributed by atoms with Gasteiger partial charge in [-0.1, -0.05) is 24.5 Å². The van der Waals surface area contributed by atoms with Crippen LogP contribution in [0.4, 0.5) is 0 Å². The van der Waals surface area contributed by atoms with E-state index in [1.54, 1.807) is 7.11 Å². The minimum Gasteiger partial charge on any atom is -0.390 e. The molecular formula is C12H21N3O2. The third-order valence-corrected chi connectivity index (χ3v) is 3.48. The summed E-state index contributed by atoms with van der Waals surface area (Å²) in [5.74, 6) is 0. The Kier molecular flexibility index (Phi) is 4.50. The quantitative estimate of drug-likeness (QED) is 0.845. The first-order valence-corrected chi connectivity index (χ1v) is 6.39. The monoisotopic (exact) mass is 239 g/mol. The van der Waals surface area contributed by atoms with Gasteiger partial charge in [-0.3, -0.25) is 0 Å². The zero-order valence-electron chi connectivity index (χ0n) is 10.4. The van der Waals surface area contributed by atoms with Crippen LogP contribution in [0.1, 0.15) is 49.5 Å². The molecule has 1 aliphatic rings. The van der Waals surface area contributed by atoms with Crippen LogP contribution in [0.15, 0.2) is 0 Å². The molecule has 5 nitrogen and oxygen atoms in total. The summed E-state index contributed by atoms with van der Waals surface area (Å²) in [6.45, 7) is 0.610. The van der Waals surface area contributed by atoms with Crippen molar-refractivity contribution in [3.05, 3.63) is 11.4 Å². The molecule has 1 N–H and O–H groups in total. The van der Waals surface area contributed by atoms with Crippen molar-refractivity contribution in [2.24, 2.45) is 0 Å². The van der Waals surface area contributed by atoms with Crippen LogP contribution in [-0.4, -0.2) is 33.8 Å². The molecule has 1 fully saturated rings. The Morgan fingerprint density at radius 3 is 2.76 bits per heavy atom. The molecule has 1 aliphatic carbocycles. The first-order valence-electron chi connectivity index (χ1n) is 6.39. The van der Waals surface area contributed by atoms with E-state index in [2.05, 4.69) is 10.3 Å². The van der Waals surface area contributed by atoms with Crippen LogP contribution >= 0.6 is 0 Å². The van der Waals surface area contributed by atoms with Gasteiger partial charge in [-0.25, -0.2) is 4.68 Å². The fourth-order valence-corrected chi connectivity index (χ4v) is 2.55. The highest BCUT2D eigenvalue weighted by Gasteiger charge is 2.21. The van der Waals surface area contributed by atoms with Gasteiger partial charge in [0.15, 0.2) is 0 Å². The van der Waals surface area contributed by atoms with Crippen molar-refractivity contribution < 1.29 is 9.84 Å². The second kappa shape index (κ2) is 6.12. The standard InChI is InChI=1S/C12H21N3O2/c1-17-8-7-12-11(9-16)13-14-15(12)10-5-3-2-4-6-10/h10,16H,2-9H2,1H3. The summed E-state index contributed by atoms with van der Waals surface area (Å²) in [4.78, 5) is 0. The SMILES string of the molecule is COCCc1c(CO)nnn1C1CCCCC1. The zero-order chi connectivity index (χ0) is 12.1. The van der Waals surface area contributed by atoms with Crippen molar-refractivity contribution in [3.63, 3.8) is 0 Å². The maximum Gasteiger partial charge on any atom is 0.111 e. The lowest BCUT2D eigenvalue weighted by molar-refractivity contribution is 0.197. The molecule has 17 heavy (non-hydrogen) atoms. The third kappa shape index (κ3) is 2.84. The van der Waals surface area contributed by atoms with Gasteiger partial charge in [0, 0.05) is 13.5 Å². The summed E-state index contributed by atoms with van der Waals surface area (Å²) in [6.07, 6.45) is 6.98. The summed E-state index contributed by atoms with van der Waals surface area (Å²) in [5.41, 5.74) is 1.74. The molecule has 0 saturated heterocycles. The van der Waals surface area contributed by atoms with Gasteiger partial charge in [0.1, 0.15) is 5.69 Å². The number of aliphatic hydroxyl groups excluding tert-OH is 1. The average molecular weight is 239 g/mol. The van der Waals surface area contributed by atoms with E-state index in [9.17, 15) is 5.11 Å². The maximum atomic E-state index is 9.27. The highest BCUT2D eigenvalue weighted by Crippen LogP contribution is 2.29. The second-order valence-electron chi connectivity index (χ2n) is 4.62. The Hall–Kier alpha value is -0.940. The van der Waals surface area contributed by atoms with Gasteiger partial charge in [0.2, 0.25) is 0 Å². The van der Waals surface area contributed by atoms with Gasteiger partial charge in [-0.2, -0.15) is 0 Å². The molecule has 0 spiro atoms. The number of rotatable bonds is 5. The Bertz CT molecular complexity index is 346. The van der Waals surface area contributed by atoms with Gasteiger partial charge in [0.25, 0.3) is 0 Å². The van der Waals surface area contributed by atoms with E-state index in [0.717, 1.165) is 12.1 Å². The Morgan fingerprint density at radius 2 is 2.12 bits per heavy atom. The fourth-order valence-electron chi connectivity index (χ4n) is 2.55. The van der Waals surface area contributed by atoms with Gasteiger partial charge in [-0.15, -0.1) is 5.10 Å². The summed E-state index contributed by atoms with van der Waals surface area (Å²) in [6, 6.07) is 0.461. The molecule has 0 aromatic carbocycles. The third-order valence-electron chi connectivity index (χ3n) is 3.48. The molecule has 1 heterocycles. The molecule has 0 aliphatic heterocycles. The van der Waals surface area contributed by atoms with Gasteiger partial charge in [-0.05, 0) is 12.8 Å². The lowest BCUT2D eigenvalue weighted by Crippen LogP contribution is -2.18. The highest BCUT2D eigenvalue weighted by atomic mass is 16.5. The fraction of sp³-hybridized carbons (Fsp3) is 0.833. The Labute approximate surface area is 102 Å². The van der Waals surface area contributed by atoms with Crippen molar-refractivity contribution in [2.75, 3.05) is 13.7 Å². The molecule has 0 unspecified atom stereocenters. The van der Waals surface area contributed by atoms with Crippen molar-refractivity contribution in [1.82, 2.24) is 15.0 Å². The molecule has 96 valence electrons. The molecule has 0 amide bonds. The zero-order valence-corrected chi connectivity index (χ0v) is 10.4. The first-order chi connectivity index (χ1) is 8.36. The predicted molar refractivity (Wildman–Crippen MR) is 63.6 cm³/mol. The smallest absolute Gasteiger partial charge is 0.111 e. The number of aliphatic hydroxyl groups is 1. The molecule has 5 heteroatoms. The van der Waals surface area contributed by atoms with E-state index in [1.165, 1.54) is 32.1 Å². The number of hydrogen-bond donors (Lipinski definition) is 1. The normalized spacial score (nSPS) is 17.5. The van der Waals surface area contributed by atoms with Crippen LogP contribution in [0.2, 0.25) is 0 Å². The van der Waals surface area contributed by atoms with E-state index < -0.39 is 0 Å². The van der Waals surface area contributed by atoms with E-state index in [4.69, 9.17) is 4.74 Å². The minimum absolute atomic E-state index is 0.0359. The van der Waals surface area contributed by atoms with Crippen LogP contribution in [0.5, 0.6) is 0 Å². The number of nitrogens with zero attached hydrogens (tertiary/aromatic N) is 3. The van der Waals surface area contributed by atoms with Crippen LogP contribution < -0.4 is 0 Å². The van der Waals surface area contributed by atoms with Crippen LogP contribution in [0.25, 0.3) is 0 Å². The van der Waals surface area contributed by atoms with Crippen molar-refractivity contribution in [2.45, 2.75) is 51.2 Å². The maximum absolute atomic E-state index is 9.27. The largest absolute Gasteiger partial charge is 0.390 e. The first kappa shape index (κ1) is 12.5. The summed E-state index contributed by atoms with van der Waals surface area (Å²) < 4.78 is 7.12. The van der Waals surface area contributed by atoms with E-state index in [1.807, 2.05) is 4.68 Å². The van der Waals surface area contributed by atoms with Crippen molar-refractivity contribution in [3.8, 4) is 0 Å². The molecule has 1 aromatic heterocycles. The number of ether oxygens (including phenoxy) is 1. The van der Waals surface area contributed by atoms with Crippen molar-refractivity contribution in [1.29, 1.82) is 0 Å². The van der Waals surface area contributed by atoms with Crippen LogP contribution in [0, 0.1) is 0 Å². The van der Waals surface area contributed by atoms with Crippen LogP contribution in [-0.2, 0) is 17.8 Å². The lowest BCUT2D eigenvalue weighted by atomic mass is 9.95. The predicted octanol–water partition coefficient (Wildman–Crippen LogP) is 1.46. The van der Waals surface area contributed by atoms with E-state index in [-0.39, 0.29) is 6.61 Å². The topological polar surface area (TPSA) is 60.2 Å². The summed E-state index contributed by atoms with van der Waals surface area (Å²) >= 11 is 0. The highest BCUT2D eigenvalue weighted by molar-refractivity contribution is 5.10. The number of methoxy groups -OCH3 is 1. The van der Waals surface area contributed by atoms with E-state index >= 15 is 0 Å². The number of aromatic nitrogens is 3. The molecule has 1 aromatic rings. The van der Waals surface area contributed by atoms with Gasteiger partial charge >= 0.3 is 0 Å². The second-order valence-corrected chi connectivity index (χ2v) is 4.62. The molecule has 0 radical (unpaired) electrons. The number of hydrogen-bond acceptors (Lipinski definition) is 4. The van der Waals surface area contributed by atoms with E-state index in [0.29, 0.717) is 18.3 Å². The molecular weight excluding hydrogens is 218 g/mol. The van der Waals surface area contributed by atoms with Crippen molar-refractivity contribution >= 4 is 0 Å². The lowest BCUT2D eigenvalue weighted by Gasteiger charge is -2.23. The Morgan fingerprint density at radius 1 is 1.35 bits per heavy atom. The molecule has 1 saturated carbocycles. The summed E-state index contributed by atoms with van der Waals surface area (Å²) in [5, 5.41) is 17.6. The molecule has 2 rings (SSSR count). The minimum atomic E-state index is -0.0359.